The van der Waals surface area contributed by atoms with Gasteiger partial charge in [-0.1, -0.05) is 0 Å². The second-order valence-electron chi connectivity index (χ2n) is 2.89. The fourth-order valence-corrected chi connectivity index (χ4v) is 1.48. The summed E-state index contributed by atoms with van der Waals surface area (Å²) in [4.78, 5) is 12.9. The molecule has 12 heavy (non-hydrogen) atoms. The molecule has 70 valence electrons. The van der Waals surface area contributed by atoms with Gasteiger partial charge in [0.05, 0.1) is 0 Å². The van der Waals surface area contributed by atoms with E-state index < -0.39 is 0 Å². The molecule has 1 fully saturated rings. The summed E-state index contributed by atoms with van der Waals surface area (Å²) in [7, 11) is 1.56. The Kier molecular flexibility index (Phi) is 3.49. The lowest BCUT2D eigenvalue weighted by Crippen LogP contribution is -2.38. The van der Waals surface area contributed by atoms with Gasteiger partial charge < -0.3 is 14.7 Å². The summed E-state index contributed by atoms with van der Waals surface area (Å²) in [6.45, 7) is 0.819. The summed E-state index contributed by atoms with van der Waals surface area (Å²) < 4.78 is 5.09. The minimum absolute atomic E-state index is 0.0578. The predicted octanol–water partition coefficient (Wildman–Crippen LogP) is -0.0363. The largest absolute Gasteiger partial charge is 0.396 e. The summed E-state index contributed by atoms with van der Waals surface area (Å²) in [6, 6.07) is 0. The van der Waals surface area contributed by atoms with Crippen LogP contribution in [0.2, 0.25) is 0 Å². The maximum Gasteiger partial charge on any atom is 0.224 e. The molecule has 0 bridgehead atoms. The van der Waals surface area contributed by atoms with E-state index in [1.165, 1.54) is 0 Å². The molecule has 1 saturated heterocycles. The highest BCUT2D eigenvalue weighted by molar-refractivity contribution is 5.78. The molecule has 0 saturated carbocycles. The zero-order valence-electron chi connectivity index (χ0n) is 7.32. The third-order valence-corrected chi connectivity index (χ3v) is 2.11. The molecule has 0 aromatic carbocycles. The average Bonchev–Trinajstić information content (AvgIpc) is 2.47. The molecule has 0 aromatic heterocycles. The third-order valence-electron chi connectivity index (χ3n) is 2.11. The van der Waals surface area contributed by atoms with Crippen LogP contribution in [0, 0.1) is 0 Å². The van der Waals surface area contributed by atoms with E-state index >= 15 is 0 Å². The van der Waals surface area contributed by atoms with Gasteiger partial charge in [0.2, 0.25) is 5.91 Å². The monoisotopic (exact) mass is 173 g/mol. The number of aliphatic hydroxyl groups is 1. The van der Waals surface area contributed by atoms with E-state index in [2.05, 4.69) is 0 Å². The lowest BCUT2D eigenvalue weighted by molar-refractivity contribution is -0.139. The van der Waals surface area contributed by atoms with E-state index in [0.717, 1.165) is 13.0 Å². The van der Waals surface area contributed by atoms with E-state index in [1.807, 2.05) is 0 Å². The molecule has 1 atom stereocenters. The number of carbonyl (C=O) groups excluding carboxylic acids is 1. The fraction of sp³-hybridized carbons (Fsp3) is 0.875. The number of rotatable bonds is 4. The molecule has 0 spiro atoms. The summed E-state index contributed by atoms with van der Waals surface area (Å²) >= 11 is 0. The zero-order valence-corrected chi connectivity index (χ0v) is 7.32. The Morgan fingerprint density at radius 2 is 2.50 bits per heavy atom. The Morgan fingerprint density at radius 3 is 2.92 bits per heavy atom. The van der Waals surface area contributed by atoms with Gasteiger partial charge in [-0.3, -0.25) is 4.79 Å². The maximum absolute atomic E-state index is 11.2. The molecule has 1 rings (SSSR count). The van der Waals surface area contributed by atoms with Crippen LogP contribution in [0.5, 0.6) is 0 Å². The van der Waals surface area contributed by atoms with Crippen LogP contribution in [0.1, 0.15) is 19.3 Å². The Labute approximate surface area is 72.1 Å². The number of amides is 1. The Balaban J connectivity index is 2.46. The normalized spacial score (nSPS) is 20.2. The fourth-order valence-electron chi connectivity index (χ4n) is 1.48. The van der Waals surface area contributed by atoms with E-state index in [4.69, 9.17) is 9.84 Å². The average molecular weight is 173 g/mol. The molecule has 1 amide bonds. The first-order chi connectivity index (χ1) is 5.79. The van der Waals surface area contributed by atoms with Crippen LogP contribution in [0.25, 0.3) is 0 Å². The summed E-state index contributed by atoms with van der Waals surface area (Å²) in [5.41, 5.74) is 0. The molecule has 1 heterocycles. The molecule has 1 aliphatic rings. The minimum atomic E-state index is -0.231. The number of hydrogen-bond donors (Lipinski definition) is 1. The quantitative estimate of drug-likeness (QED) is 0.649. The van der Waals surface area contributed by atoms with Crippen molar-refractivity contribution in [2.75, 3.05) is 20.3 Å². The second kappa shape index (κ2) is 4.42. The molecule has 4 nitrogen and oxygen atoms in total. The van der Waals surface area contributed by atoms with Gasteiger partial charge in [0.25, 0.3) is 0 Å². The maximum atomic E-state index is 11.2. The number of hydrogen-bond acceptors (Lipinski definition) is 3. The first-order valence-electron chi connectivity index (χ1n) is 4.22. The topological polar surface area (TPSA) is 49.8 Å². The highest BCUT2D eigenvalue weighted by Gasteiger charge is 2.26. The van der Waals surface area contributed by atoms with Crippen LogP contribution >= 0.6 is 0 Å². The smallest absolute Gasteiger partial charge is 0.224 e. The molecule has 1 aliphatic heterocycles. The summed E-state index contributed by atoms with van der Waals surface area (Å²) in [5.74, 6) is 0.135. The molecule has 0 aromatic rings. The van der Waals surface area contributed by atoms with E-state index in [-0.39, 0.29) is 18.7 Å². The number of ether oxygens (including phenoxy) is 1. The number of nitrogens with zero attached hydrogens (tertiary/aromatic N) is 1. The molecule has 0 aliphatic carbocycles. The number of aliphatic hydroxyl groups excluding tert-OH is 1. The van der Waals surface area contributed by atoms with Crippen LogP contribution in [-0.2, 0) is 9.53 Å². The van der Waals surface area contributed by atoms with Crippen molar-refractivity contribution < 1.29 is 14.6 Å². The Hall–Kier alpha value is -0.610. The van der Waals surface area contributed by atoms with Crippen molar-refractivity contribution in [2.45, 2.75) is 25.5 Å². The number of methoxy groups -OCH3 is 1. The van der Waals surface area contributed by atoms with Crippen molar-refractivity contribution in [1.82, 2.24) is 4.90 Å². The molecular formula is C8H15NO3. The minimum Gasteiger partial charge on any atom is -0.396 e. The third kappa shape index (κ3) is 1.95. The first kappa shape index (κ1) is 9.48. The van der Waals surface area contributed by atoms with Crippen molar-refractivity contribution in [3.8, 4) is 0 Å². The van der Waals surface area contributed by atoms with Crippen LogP contribution in [-0.4, -0.2) is 42.4 Å². The van der Waals surface area contributed by atoms with Gasteiger partial charge >= 0.3 is 0 Å². The SMILES string of the molecule is COC(CCO)N1CCCC1=O. The van der Waals surface area contributed by atoms with Gasteiger partial charge in [0.15, 0.2) is 0 Å². The lowest BCUT2D eigenvalue weighted by atomic mass is 10.3. The standard InChI is InChI=1S/C8H15NO3/c1-12-8(4-6-10)9-5-2-3-7(9)11/h8,10H,2-6H2,1H3. The van der Waals surface area contributed by atoms with E-state index in [0.29, 0.717) is 12.8 Å². The number of carbonyl (C=O) groups is 1. The van der Waals surface area contributed by atoms with Crippen molar-refractivity contribution in [1.29, 1.82) is 0 Å². The van der Waals surface area contributed by atoms with Gasteiger partial charge in [-0.2, -0.15) is 0 Å². The summed E-state index contributed by atoms with van der Waals surface area (Å²) in [5, 5.41) is 8.70. The van der Waals surface area contributed by atoms with Gasteiger partial charge in [-0.15, -0.1) is 0 Å². The first-order valence-corrected chi connectivity index (χ1v) is 4.22. The van der Waals surface area contributed by atoms with E-state index in [1.54, 1.807) is 12.0 Å². The van der Waals surface area contributed by atoms with Crippen molar-refractivity contribution in [3.05, 3.63) is 0 Å². The van der Waals surface area contributed by atoms with Gasteiger partial charge in [0, 0.05) is 33.1 Å². The van der Waals surface area contributed by atoms with Gasteiger partial charge in [-0.05, 0) is 6.42 Å². The Morgan fingerprint density at radius 1 is 1.75 bits per heavy atom. The molecular weight excluding hydrogens is 158 g/mol. The molecule has 1 unspecified atom stereocenters. The number of likely N-dealkylation sites (tertiary alicyclic amines) is 1. The summed E-state index contributed by atoms with van der Waals surface area (Å²) in [6.07, 6.45) is 1.79. The van der Waals surface area contributed by atoms with E-state index in [9.17, 15) is 4.79 Å². The van der Waals surface area contributed by atoms with Crippen LogP contribution in [0.4, 0.5) is 0 Å². The van der Waals surface area contributed by atoms with Crippen molar-refractivity contribution >= 4 is 5.91 Å². The van der Waals surface area contributed by atoms with Crippen LogP contribution in [0.3, 0.4) is 0 Å². The van der Waals surface area contributed by atoms with Crippen LogP contribution < -0.4 is 0 Å². The highest BCUT2D eigenvalue weighted by atomic mass is 16.5. The second-order valence-corrected chi connectivity index (χ2v) is 2.89. The molecule has 4 heteroatoms. The zero-order chi connectivity index (χ0) is 8.97. The molecule has 0 radical (unpaired) electrons. The molecule has 1 N–H and O–H groups in total. The van der Waals surface area contributed by atoms with Crippen LogP contribution in [0.15, 0.2) is 0 Å². The van der Waals surface area contributed by atoms with Crippen molar-refractivity contribution in [3.63, 3.8) is 0 Å². The highest BCUT2D eigenvalue weighted by Crippen LogP contribution is 2.15. The van der Waals surface area contributed by atoms with Gasteiger partial charge in [-0.25, -0.2) is 0 Å². The predicted molar refractivity (Wildman–Crippen MR) is 43.4 cm³/mol. The van der Waals surface area contributed by atoms with Crippen molar-refractivity contribution in [2.24, 2.45) is 0 Å². The van der Waals surface area contributed by atoms with Gasteiger partial charge in [0.1, 0.15) is 6.23 Å². The lowest BCUT2D eigenvalue weighted by Gasteiger charge is -2.25. The Bertz CT molecular complexity index is 160.